The van der Waals surface area contributed by atoms with E-state index in [1.807, 2.05) is 0 Å². The van der Waals surface area contributed by atoms with Gasteiger partial charge in [-0.3, -0.25) is 4.79 Å². The van der Waals surface area contributed by atoms with E-state index in [9.17, 15) is 22.4 Å². The maximum atomic E-state index is 13.0. The van der Waals surface area contributed by atoms with Gasteiger partial charge in [0.15, 0.2) is 5.82 Å². The lowest BCUT2D eigenvalue weighted by atomic mass is 10.1. The molecule has 1 amide bonds. The molecule has 0 saturated carbocycles. The number of halogens is 4. The Morgan fingerprint density at radius 3 is 2.43 bits per heavy atom. The van der Waals surface area contributed by atoms with Gasteiger partial charge in [0, 0.05) is 29.7 Å². The maximum Gasteiger partial charge on any atom is 0.416 e. The van der Waals surface area contributed by atoms with Crippen LogP contribution in [-0.2, 0) is 11.0 Å². The summed E-state index contributed by atoms with van der Waals surface area (Å²) in [5.74, 6) is -0.841. The summed E-state index contributed by atoms with van der Waals surface area (Å²) < 4.78 is 53.0. The van der Waals surface area contributed by atoms with Crippen molar-refractivity contribution in [2.24, 2.45) is 5.73 Å². The first-order valence-corrected chi connectivity index (χ1v) is 7.73. The van der Waals surface area contributed by atoms with Crippen LogP contribution in [0.2, 0.25) is 0 Å². The third kappa shape index (κ3) is 4.19. The predicted molar refractivity (Wildman–Crippen MR) is 90.5 cm³/mol. The molecule has 7 nitrogen and oxygen atoms in total. The van der Waals surface area contributed by atoms with E-state index in [1.54, 1.807) is 0 Å². The second-order valence-electron chi connectivity index (χ2n) is 5.78. The Labute approximate surface area is 155 Å². The quantitative estimate of drug-likeness (QED) is 0.418. The van der Waals surface area contributed by atoms with Crippen LogP contribution < -0.4 is 5.73 Å². The monoisotopic (exact) mass is 392 g/mol. The van der Waals surface area contributed by atoms with Crippen molar-refractivity contribution in [2.45, 2.75) is 13.1 Å². The third-order valence-electron chi connectivity index (χ3n) is 3.63. The van der Waals surface area contributed by atoms with Crippen molar-refractivity contribution in [3.8, 4) is 11.4 Å². The molecule has 0 atom stereocenters. The number of aryl methyl sites for hydroxylation is 1. The highest BCUT2D eigenvalue weighted by atomic mass is 19.4. The molecular weight excluding hydrogens is 380 g/mol. The molecule has 3 aromatic rings. The molecule has 0 unspecified atom stereocenters. The van der Waals surface area contributed by atoms with Gasteiger partial charge in [-0.1, -0.05) is 0 Å². The van der Waals surface area contributed by atoms with Crippen LogP contribution in [-0.4, -0.2) is 30.6 Å². The highest BCUT2D eigenvalue weighted by Gasteiger charge is 2.31. The number of nitrogens with zero attached hydrogens (tertiary/aromatic N) is 5. The molecule has 0 fully saturated rings. The standard InChI is InChI=1S/C17H12F4N6O/c1-9-2-10(4-12(3-9)17(19,20)21)15-25-8-27(26-15)7-13(14(22)28)11-5-23-16(18)24-6-11/h2-8H,1H3,(H2,22,28)/b13-7-. The van der Waals surface area contributed by atoms with Gasteiger partial charge in [0.2, 0.25) is 0 Å². The largest absolute Gasteiger partial charge is 0.416 e. The van der Waals surface area contributed by atoms with Crippen LogP contribution in [0.1, 0.15) is 16.7 Å². The lowest BCUT2D eigenvalue weighted by Crippen LogP contribution is -2.14. The van der Waals surface area contributed by atoms with Gasteiger partial charge in [-0.05, 0) is 30.7 Å². The van der Waals surface area contributed by atoms with E-state index in [0.717, 1.165) is 29.2 Å². The fourth-order valence-electron chi connectivity index (χ4n) is 2.41. The summed E-state index contributed by atoms with van der Waals surface area (Å²) in [6, 6.07) is 3.45. The number of amides is 1. The number of carbonyl (C=O) groups excluding carboxylic acids is 1. The zero-order chi connectivity index (χ0) is 20.5. The Morgan fingerprint density at radius 1 is 1.14 bits per heavy atom. The molecule has 0 radical (unpaired) electrons. The average molecular weight is 392 g/mol. The first-order valence-electron chi connectivity index (χ1n) is 7.73. The lowest BCUT2D eigenvalue weighted by Gasteiger charge is -2.09. The summed E-state index contributed by atoms with van der Waals surface area (Å²) in [7, 11) is 0. The Bertz CT molecular complexity index is 1060. The molecule has 0 bridgehead atoms. The van der Waals surface area contributed by atoms with Crippen molar-refractivity contribution in [1.82, 2.24) is 24.7 Å². The number of carbonyl (C=O) groups is 1. The summed E-state index contributed by atoms with van der Waals surface area (Å²) >= 11 is 0. The van der Waals surface area contributed by atoms with Gasteiger partial charge in [0.1, 0.15) is 6.33 Å². The van der Waals surface area contributed by atoms with Crippen LogP contribution in [0.4, 0.5) is 17.6 Å². The molecule has 1 aromatic carbocycles. The topological polar surface area (TPSA) is 99.6 Å². The van der Waals surface area contributed by atoms with Crippen molar-refractivity contribution >= 4 is 17.7 Å². The Balaban J connectivity index is 1.99. The van der Waals surface area contributed by atoms with E-state index in [-0.39, 0.29) is 22.5 Å². The molecule has 0 saturated heterocycles. The average Bonchev–Trinajstić information content (AvgIpc) is 3.08. The minimum Gasteiger partial charge on any atom is -0.366 e. The van der Waals surface area contributed by atoms with Crippen LogP contribution in [0, 0.1) is 13.0 Å². The molecule has 0 aliphatic rings. The van der Waals surface area contributed by atoms with E-state index in [4.69, 9.17) is 5.73 Å². The fraction of sp³-hybridized carbons (Fsp3) is 0.118. The molecule has 0 aliphatic heterocycles. The number of hydrogen-bond acceptors (Lipinski definition) is 5. The SMILES string of the molecule is Cc1cc(-c2ncn(/C=C(\C(N)=O)c3cnc(F)nc3)n2)cc(C(F)(F)F)c1. The second-order valence-corrected chi connectivity index (χ2v) is 5.78. The summed E-state index contributed by atoms with van der Waals surface area (Å²) in [5, 5.41) is 4.05. The fourth-order valence-corrected chi connectivity index (χ4v) is 2.41. The summed E-state index contributed by atoms with van der Waals surface area (Å²) in [6.45, 7) is 1.52. The number of primary amides is 1. The molecule has 0 aliphatic carbocycles. The normalized spacial score (nSPS) is 12.2. The molecule has 11 heteroatoms. The zero-order valence-corrected chi connectivity index (χ0v) is 14.3. The Morgan fingerprint density at radius 2 is 1.82 bits per heavy atom. The van der Waals surface area contributed by atoms with Gasteiger partial charge in [-0.25, -0.2) is 19.6 Å². The van der Waals surface area contributed by atoms with E-state index in [1.165, 1.54) is 25.5 Å². The van der Waals surface area contributed by atoms with Crippen molar-refractivity contribution in [3.63, 3.8) is 0 Å². The summed E-state index contributed by atoms with van der Waals surface area (Å²) in [6.07, 6.45) is -0.977. The van der Waals surface area contributed by atoms with Crippen LogP contribution >= 0.6 is 0 Å². The summed E-state index contributed by atoms with van der Waals surface area (Å²) in [5.41, 5.74) is 5.09. The molecule has 2 heterocycles. The number of alkyl halides is 3. The van der Waals surface area contributed by atoms with Gasteiger partial charge >= 0.3 is 12.3 Å². The molecule has 2 aromatic heterocycles. The molecule has 3 rings (SSSR count). The Kier molecular flexibility index (Phi) is 4.91. The van der Waals surface area contributed by atoms with E-state index in [0.29, 0.717) is 5.56 Å². The minimum absolute atomic E-state index is 0.0182. The van der Waals surface area contributed by atoms with E-state index >= 15 is 0 Å². The molecule has 0 spiro atoms. The minimum atomic E-state index is -4.51. The first kappa shape index (κ1) is 19.1. The van der Waals surface area contributed by atoms with Gasteiger partial charge < -0.3 is 5.73 Å². The smallest absolute Gasteiger partial charge is 0.366 e. The molecular formula is C17H12F4N6O. The van der Waals surface area contributed by atoms with Crippen LogP contribution in [0.5, 0.6) is 0 Å². The predicted octanol–water partition coefficient (Wildman–Crippen LogP) is 2.68. The van der Waals surface area contributed by atoms with Crippen molar-refractivity contribution in [3.05, 3.63) is 59.7 Å². The number of rotatable bonds is 4. The maximum absolute atomic E-state index is 13.0. The van der Waals surface area contributed by atoms with Crippen molar-refractivity contribution in [1.29, 1.82) is 0 Å². The number of aromatic nitrogens is 5. The van der Waals surface area contributed by atoms with Gasteiger partial charge in [0.25, 0.3) is 5.91 Å². The number of nitrogens with two attached hydrogens (primary N) is 1. The van der Waals surface area contributed by atoms with Crippen LogP contribution in [0.25, 0.3) is 23.2 Å². The van der Waals surface area contributed by atoms with Gasteiger partial charge in [-0.2, -0.15) is 17.6 Å². The lowest BCUT2D eigenvalue weighted by molar-refractivity contribution is -0.137. The Hall–Kier alpha value is -3.63. The van der Waals surface area contributed by atoms with Crippen molar-refractivity contribution in [2.75, 3.05) is 0 Å². The second kappa shape index (κ2) is 7.18. The van der Waals surface area contributed by atoms with Crippen LogP contribution in [0.15, 0.2) is 36.9 Å². The van der Waals surface area contributed by atoms with Gasteiger partial charge in [-0.15, -0.1) is 5.10 Å². The molecule has 2 N–H and O–H groups in total. The van der Waals surface area contributed by atoms with E-state index < -0.39 is 23.7 Å². The zero-order valence-electron chi connectivity index (χ0n) is 14.3. The molecule has 28 heavy (non-hydrogen) atoms. The van der Waals surface area contributed by atoms with Crippen molar-refractivity contribution < 1.29 is 22.4 Å². The van der Waals surface area contributed by atoms with Gasteiger partial charge in [0.05, 0.1) is 11.1 Å². The third-order valence-corrected chi connectivity index (χ3v) is 3.63. The van der Waals surface area contributed by atoms with E-state index in [2.05, 4.69) is 20.1 Å². The highest BCUT2D eigenvalue weighted by molar-refractivity contribution is 6.22. The molecule has 144 valence electrons. The number of hydrogen-bond donors (Lipinski definition) is 1. The van der Waals surface area contributed by atoms with Crippen LogP contribution in [0.3, 0.4) is 0 Å². The first-order chi connectivity index (χ1) is 13.1. The summed E-state index contributed by atoms with van der Waals surface area (Å²) in [4.78, 5) is 22.3. The number of benzene rings is 1. The highest BCUT2D eigenvalue weighted by Crippen LogP contribution is 2.32.